The smallest absolute Gasteiger partial charge is 0.320 e. The summed E-state index contributed by atoms with van der Waals surface area (Å²) >= 11 is 5.95. The van der Waals surface area contributed by atoms with E-state index in [9.17, 15) is 9.59 Å². The molecule has 172 valence electrons. The molecule has 0 spiro atoms. The molecule has 0 aliphatic heterocycles. The maximum absolute atomic E-state index is 12.5. The van der Waals surface area contributed by atoms with Gasteiger partial charge in [0.2, 0.25) is 5.88 Å². The fourth-order valence-electron chi connectivity index (χ4n) is 3.58. The molecular formula is C22H22ClN5O5. The first kappa shape index (κ1) is 22.5. The number of carbonyl (C=O) groups excluding carboxylic acids is 1. The van der Waals surface area contributed by atoms with E-state index in [1.165, 1.54) is 6.20 Å². The average molecular weight is 472 g/mol. The van der Waals surface area contributed by atoms with E-state index in [0.29, 0.717) is 48.0 Å². The van der Waals surface area contributed by atoms with Crippen molar-refractivity contribution in [2.75, 3.05) is 10.6 Å². The van der Waals surface area contributed by atoms with Gasteiger partial charge in [-0.3, -0.25) is 9.59 Å². The third kappa shape index (κ3) is 5.78. The van der Waals surface area contributed by atoms with Crippen LogP contribution >= 0.6 is 11.6 Å². The van der Waals surface area contributed by atoms with Crippen LogP contribution in [0.3, 0.4) is 0 Å². The molecule has 1 aliphatic rings. The Morgan fingerprint density at radius 3 is 2.64 bits per heavy atom. The monoisotopic (exact) mass is 471 g/mol. The molecule has 0 unspecified atom stereocenters. The van der Waals surface area contributed by atoms with Gasteiger partial charge in [0.05, 0.1) is 17.8 Å². The molecule has 3 aromatic rings. The number of rotatable bonds is 7. The standard InChI is InChI=1S/C22H22ClN5O5/c1-12-9-16(11-24-19(12)32-17-7-5-13(6-8-17)21(30)31)25-18(29)20-27-28-22(33-20)26-15-4-2-3-14(23)10-15/h2-4,9-11,13,17H,5-8H2,1H3,(H,25,29)(H,26,28)(H,30,31). The Balaban J connectivity index is 1.34. The number of aryl methyl sites for hydroxylation is 1. The molecule has 0 saturated heterocycles. The summed E-state index contributed by atoms with van der Waals surface area (Å²) in [5.74, 6) is -1.40. The molecule has 1 amide bonds. The van der Waals surface area contributed by atoms with Gasteiger partial charge in [0.25, 0.3) is 0 Å². The summed E-state index contributed by atoms with van der Waals surface area (Å²) in [5.41, 5.74) is 1.83. The van der Waals surface area contributed by atoms with Crippen LogP contribution in [0.1, 0.15) is 41.9 Å². The third-order valence-corrected chi connectivity index (χ3v) is 5.52. The minimum absolute atomic E-state index is 0.0538. The molecule has 2 aromatic heterocycles. The first-order valence-corrected chi connectivity index (χ1v) is 10.8. The van der Waals surface area contributed by atoms with Crippen molar-refractivity contribution in [3.05, 3.63) is 53.0 Å². The molecule has 1 saturated carbocycles. The highest BCUT2D eigenvalue weighted by Gasteiger charge is 2.27. The van der Waals surface area contributed by atoms with Crippen LogP contribution in [0.5, 0.6) is 5.88 Å². The van der Waals surface area contributed by atoms with Crippen LogP contribution in [0.4, 0.5) is 17.4 Å². The predicted molar refractivity (Wildman–Crippen MR) is 120 cm³/mol. The second-order valence-electron chi connectivity index (χ2n) is 7.78. The molecule has 1 fully saturated rings. The SMILES string of the molecule is Cc1cc(NC(=O)c2nnc(Nc3cccc(Cl)c3)o2)cnc1OC1CCC(C(=O)O)CC1. The zero-order valence-electron chi connectivity index (χ0n) is 17.7. The topological polar surface area (TPSA) is 139 Å². The fraction of sp³-hybridized carbons (Fsp3) is 0.318. The maximum atomic E-state index is 12.5. The number of nitrogens with one attached hydrogen (secondary N) is 2. The van der Waals surface area contributed by atoms with Gasteiger partial charge in [0.1, 0.15) is 6.10 Å². The molecular weight excluding hydrogens is 450 g/mol. The Morgan fingerprint density at radius 1 is 1.15 bits per heavy atom. The summed E-state index contributed by atoms with van der Waals surface area (Å²) in [6.07, 6.45) is 3.91. The Bertz CT molecular complexity index is 1160. The van der Waals surface area contributed by atoms with E-state index < -0.39 is 11.9 Å². The molecule has 0 bridgehead atoms. The van der Waals surface area contributed by atoms with Crippen molar-refractivity contribution in [3.8, 4) is 5.88 Å². The molecule has 0 atom stereocenters. The van der Waals surface area contributed by atoms with E-state index in [-0.39, 0.29) is 23.9 Å². The van der Waals surface area contributed by atoms with Crippen LogP contribution in [0.25, 0.3) is 0 Å². The van der Waals surface area contributed by atoms with E-state index in [1.807, 2.05) is 6.92 Å². The van der Waals surface area contributed by atoms with Crippen molar-refractivity contribution >= 4 is 40.9 Å². The lowest BCUT2D eigenvalue weighted by molar-refractivity contribution is -0.143. The van der Waals surface area contributed by atoms with Gasteiger partial charge < -0.3 is 24.9 Å². The summed E-state index contributed by atoms with van der Waals surface area (Å²) in [6.45, 7) is 1.82. The lowest BCUT2D eigenvalue weighted by Crippen LogP contribution is -2.28. The van der Waals surface area contributed by atoms with E-state index in [0.717, 1.165) is 5.56 Å². The van der Waals surface area contributed by atoms with E-state index in [1.54, 1.807) is 30.3 Å². The molecule has 0 radical (unpaired) electrons. The highest BCUT2D eigenvalue weighted by Crippen LogP contribution is 2.29. The Hall–Kier alpha value is -3.66. The first-order valence-electron chi connectivity index (χ1n) is 10.4. The maximum Gasteiger partial charge on any atom is 0.320 e. The highest BCUT2D eigenvalue weighted by atomic mass is 35.5. The van der Waals surface area contributed by atoms with Crippen LogP contribution in [0, 0.1) is 12.8 Å². The quantitative estimate of drug-likeness (QED) is 0.456. The number of aliphatic carboxylic acids is 1. The number of carboxylic acid groups (broad SMARTS) is 1. The zero-order valence-corrected chi connectivity index (χ0v) is 18.5. The van der Waals surface area contributed by atoms with Crippen molar-refractivity contribution in [2.45, 2.75) is 38.7 Å². The summed E-state index contributed by atoms with van der Waals surface area (Å²) in [5, 5.41) is 22.8. The van der Waals surface area contributed by atoms with Gasteiger partial charge in [0.15, 0.2) is 0 Å². The van der Waals surface area contributed by atoms with Gasteiger partial charge in [-0.2, -0.15) is 0 Å². The van der Waals surface area contributed by atoms with Crippen LogP contribution in [0.2, 0.25) is 5.02 Å². The first-order chi connectivity index (χ1) is 15.9. The van der Waals surface area contributed by atoms with Crippen LogP contribution in [-0.2, 0) is 4.79 Å². The van der Waals surface area contributed by atoms with Gasteiger partial charge in [-0.05, 0) is 56.9 Å². The number of hydrogen-bond donors (Lipinski definition) is 3. The fourth-order valence-corrected chi connectivity index (χ4v) is 3.77. The summed E-state index contributed by atoms with van der Waals surface area (Å²) in [4.78, 5) is 27.9. The molecule has 4 rings (SSSR count). The highest BCUT2D eigenvalue weighted by molar-refractivity contribution is 6.30. The number of amides is 1. The van der Waals surface area contributed by atoms with Crippen molar-refractivity contribution in [1.82, 2.24) is 15.2 Å². The lowest BCUT2D eigenvalue weighted by Gasteiger charge is -2.26. The molecule has 1 aliphatic carbocycles. The minimum atomic E-state index is -0.753. The van der Waals surface area contributed by atoms with E-state index in [4.69, 9.17) is 25.9 Å². The number of halogens is 1. The number of pyridine rings is 1. The number of benzene rings is 1. The molecule has 3 N–H and O–H groups in total. The molecule has 10 nitrogen and oxygen atoms in total. The van der Waals surface area contributed by atoms with E-state index >= 15 is 0 Å². The summed E-state index contributed by atoms with van der Waals surface area (Å²) < 4.78 is 11.3. The van der Waals surface area contributed by atoms with Crippen molar-refractivity contribution in [3.63, 3.8) is 0 Å². The lowest BCUT2D eigenvalue weighted by atomic mass is 9.87. The number of aromatic nitrogens is 3. The van der Waals surface area contributed by atoms with Crippen molar-refractivity contribution in [1.29, 1.82) is 0 Å². The van der Waals surface area contributed by atoms with Gasteiger partial charge in [-0.25, -0.2) is 4.98 Å². The van der Waals surface area contributed by atoms with Gasteiger partial charge in [-0.1, -0.05) is 22.8 Å². The number of carboxylic acids is 1. The number of anilines is 3. The second-order valence-corrected chi connectivity index (χ2v) is 8.21. The third-order valence-electron chi connectivity index (χ3n) is 5.28. The van der Waals surface area contributed by atoms with Gasteiger partial charge in [-0.15, -0.1) is 5.10 Å². The number of carbonyl (C=O) groups is 2. The Kier molecular flexibility index (Phi) is 6.74. The molecule has 2 heterocycles. The number of nitrogens with zero attached hydrogens (tertiary/aromatic N) is 3. The number of hydrogen-bond acceptors (Lipinski definition) is 8. The Morgan fingerprint density at radius 2 is 1.94 bits per heavy atom. The normalized spacial score (nSPS) is 17.9. The van der Waals surface area contributed by atoms with Gasteiger partial charge >= 0.3 is 23.8 Å². The molecule has 1 aromatic carbocycles. The average Bonchev–Trinajstić information content (AvgIpc) is 3.25. The largest absolute Gasteiger partial charge is 0.481 e. The predicted octanol–water partition coefficient (Wildman–Crippen LogP) is 4.44. The van der Waals surface area contributed by atoms with Crippen molar-refractivity contribution < 1.29 is 23.8 Å². The van der Waals surface area contributed by atoms with Gasteiger partial charge in [0, 0.05) is 16.3 Å². The zero-order chi connectivity index (χ0) is 23.4. The Labute approximate surface area is 194 Å². The second kappa shape index (κ2) is 9.86. The summed E-state index contributed by atoms with van der Waals surface area (Å²) in [7, 11) is 0. The van der Waals surface area contributed by atoms with Crippen LogP contribution in [0.15, 0.2) is 40.9 Å². The van der Waals surface area contributed by atoms with Crippen LogP contribution < -0.4 is 15.4 Å². The molecule has 11 heteroatoms. The minimum Gasteiger partial charge on any atom is -0.481 e. The molecule has 33 heavy (non-hydrogen) atoms. The number of ether oxygens (including phenoxy) is 1. The van der Waals surface area contributed by atoms with Crippen LogP contribution in [-0.4, -0.2) is 38.3 Å². The van der Waals surface area contributed by atoms with Crippen molar-refractivity contribution in [2.24, 2.45) is 5.92 Å². The summed E-state index contributed by atoms with van der Waals surface area (Å²) in [6, 6.07) is 8.73. The van der Waals surface area contributed by atoms with E-state index in [2.05, 4.69) is 25.8 Å².